The third-order valence-electron chi connectivity index (χ3n) is 3.96. The summed E-state index contributed by atoms with van der Waals surface area (Å²) in [4.78, 5) is 0. The summed E-state index contributed by atoms with van der Waals surface area (Å²) in [6.45, 7) is 8.82. The first-order valence-corrected chi connectivity index (χ1v) is 9.03. The number of unbranched alkanes of at least 4 members (excludes halogenated alkanes) is 11. The smallest absolute Gasteiger partial charge is 0.0648 e. The average Bonchev–Trinajstić information content (AvgIpc) is 2.46. The zero-order valence-corrected chi connectivity index (χ0v) is 14.2. The third-order valence-corrected chi connectivity index (χ3v) is 3.96. The predicted octanol–water partition coefficient (Wildman–Crippen LogP) is 6.67. The highest BCUT2D eigenvalue weighted by molar-refractivity contribution is 4.65. The molecule has 0 saturated heterocycles. The van der Waals surface area contributed by atoms with E-state index in [0.717, 1.165) is 0 Å². The number of ether oxygens (including phenoxy) is 1. The molecule has 0 heterocycles. The molecule has 0 aliphatic heterocycles. The summed E-state index contributed by atoms with van der Waals surface area (Å²) < 4.78 is 5.57. The zero-order chi connectivity index (χ0) is 14.9. The lowest BCUT2D eigenvalue weighted by atomic mass is 10.0. The SMILES string of the molecule is C=CCOC(C)CCCCCCCCCCCCCC. The molecule has 120 valence electrons. The lowest BCUT2D eigenvalue weighted by Gasteiger charge is -2.10. The Morgan fingerprint density at radius 1 is 0.800 bits per heavy atom. The number of hydrogen-bond acceptors (Lipinski definition) is 1. The Labute approximate surface area is 128 Å². The lowest BCUT2D eigenvalue weighted by Crippen LogP contribution is -2.07. The summed E-state index contributed by atoms with van der Waals surface area (Å²) in [5.41, 5.74) is 0. The van der Waals surface area contributed by atoms with Crippen LogP contribution in [0.4, 0.5) is 0 Å². The second-order valence-corrected chi connectivity index (χ2v) is 6.11. The number of rotatable bonds is 16. The molecule has 0 amide bonds. The molecule has 0 aliphatic carbocycles. The van der Waals surface area contributed by atoms with Gasteiger partial charge in [0, 0.05) is 0 Å². The third kappa shape index (κ3) is 15.8. The highest BCUT2D eigenvalue weighted by Crippen LogP contribution is 2.13. The van der Waals surface area contributed by atoms with Gasteiger partial charge >= 0.3 is 0 Å². The molecule has 0 aromatic heterocycles. The van der Waals surface area contributed by atoms with Gasteiger partial charge in [0.15, 0.2) is 0 Å². The van der Waals surface area contributed by atoms with E-state index in [1.165, 1.54) is 83.5 Å². The first-order chi connectivity index (χ1) is 9.81. The Hall–Kier alpha value is -0.300. The van der Waals surface area contributed by atoms with Crippen molar-refractivity contribution in [3.63, 3.8) is 0 Å². The van der Waals surface area contributed by atoms with Gasteiger partial charge < -0.3 is 4.74 Å². The van der Waals surface area contributed by atoms with Crippen LogP contribution in [0.15, 0.2) is 12.7 Å². The summed E-state index contributed by atoms with van der Waals surface area (Å²) in [7, 11) is 0. The maximum absolute atomic E-state index is 5.57. The van der Waals surface area contributed by atoms with E-state index in [2.05, 4.69) is 20.4 Å². The van der Waals surface area contributed by atoms with Crippen molar-refractivity contribution in [1.29, 1.82) is 0 Å². The number of hydrogen-bond donors (Lipinski definition) is 0. The fraction of sp³-hybridized carbons (Fsp3) is 0.895. The van der Waals surface area contributed by atoms with Crippen molar-refractivity contribution in [2.24, 2.45) is 0 Å². The van der Waals surface area contributed by atoms with Crippen LogP contribution in [-0.4, -0.2) is 12.7 Å². The molecule has 20 heavy (non-hydrogen) atoms. The Morgan fingerprint density at radius 2 is 1.25 bits per heavy atom. The topological polar surface area (TPSA) is 9.23 Å². The van der Waals surface area contributed by atoms with Crippen LogP contribution in [0, 0.1) is 0 Å². The zero-order valence-electron chi connectivity index (χ0n) is 14.2. The molecular weight excluding hydrogens is 244 g/mol. The van der Waals surface area contributed by atoms with Gasteiger partial charge in [-0.2, -0.15) is 0 Å². The Morgan fingerprint density at radius 3 is 1.70 bits per heavy atom. The molecular formula is C19H38O. The molecule has 0 bridgehead atoms. The van der Waals surface area contributed by atoms with E-state index in [0.29, 0.717) is 12.7 Å². The monoisotopic (exact) mass is 282 g/mol. The van der Waals surface area contributed by atoms with E-state index in [1.54, 1.807) is 0 Å². The van der Waals surface area contributed by atoms with Crippen molar-refractivity contribution in [2.75, 3.05) is 6.61 Å². The van der Waals surface area contributed by atoms with E-state index in [4.69, 9.17) is 4.74 Å². The van der Waals surface area contributed by atoms with Crippen LogP contribution in [0.3, 0.4) is 0 Å². The Bertz CT molecular complexity index is 188. The molecule has 0 radical (unpaired) electrons. The molecule has 0 fully saturated rings. The van der Waals surface area contributed by atoms with Gasteiger partial charge in [0.25, 0.3) is 0 Å². The maximum Gasteiger partial charge on any atom is 0.0648 e. The average molecular weight is 283 g/mol. The predicted molar refractivity (Wildman–Crippen MR) is 91.3 cm³/mol. The highest BCUT2D eigenvalue weighted by atomic mass is 16.5. The van der Waals surface area contributed by atoms with Crippen molar-refractivity contribution >= 4 is 0 Å². The quantitative estimate of drug-likeness (QED) is 0.227. The summed E-state index contributed by atoms with van der Waals surface area (Å²) in [6.07, 6.45) is 20.4. The molecule has 1 atom stereocenters. The molecule has 0 N–H and O–H groups in total. The van der Waals surface area contributed by atoms with E-state index in [-0.39, 0.29) is 0 Å². The second-order valence-electron chi connectivity index (χ2n) is 6.11. The van der Waals surface area contributed by atoms with Crippen molar-refractivity contribution in [2.45, 2.75) is 103 Å². The van der Waals surface area contributed by atoms with Crippen molar-refractivity contribution in [3.8, 4) is 0 Å². The van der Waals surface area contributed by atoms with Crippen LogP contribution in [0.25, 0.3) is 0 Å². The summed E-state index contributed by atoms with van der Waals surface area (Å²) >= 11 is 0. The van der Waals surface area contributed by atoms with Gasteiger partial charge in [-0.25, -0.2) is 0 Å². The second kappa shape index (κ2) is 16.8. The lowest BCUT2D eigenvalue weighted by molar-refractivity contribution is 0.0799. The van der Waals surface area contributed by atoms with Crippen LogP contribution in [0.5, 0.6) is 0 Å². The largest absolute Gasteiger partial charge is 0.374 e. The fourth-order valence-electron chi connectivity index (χ4n) is 2.59. The van der Waals surface area contributed by atoms with Crippen molar-refractivity contribution in [1.82, 2.24) is 0 Å². The van der Waals surface area contributed by atoms with Gasteiger partial charge in [0.05, 0.1) is 12.7 Å². The van der Waals surface area contributed by atoms with E-state index in [1.807, 2.05) is 6.08 Å². The fourth-order valence-corrected chi connectivity index (χ4v) is 2.59. The molecule has 0 saturated carbocycles. The minimum Gasteiger partial charge on any atom is -0.374 e. The molecule has 1 nitrogen and oxygen atoms in total. The van der Waals surface area contributed by atoms with Crippen LogP contribution in [-0.2, 0) is 4.74 Å². The van der Waals surface area contributed by atoms with Crippen LogP contribution < -0.4 is 0 Å². The molecule has 0 aromatic carbocycles. The van der Waals surface area contributed by atoms with Crippen molar-refractivity contribution in [3.05, 3.63) is 12.7 Å². The minimum atomic E-state index is 0.399. The van der Waals surface area contributed by atoms with E-state index in [9.17, 15) is 0 Å². The van der Waals surface area contributed by atoms with Gasteiger partial charge in [-0.3, -0.25) is 0 Å². The highest BCUT2D eigenvalue weighted by Gasteiger charge is 2.00. The van der Waals surface area contributed by atoms with E-state index < -0.39 is 0 Å². The summed E-state index contributed by atoms with van der Waals surface area (Å²) in [6, 6.07) is 0. The molecule has 0 aliphatic rings. The molecule has 0 aromatic rings. The summed E-state index contributed by atoms with van der Waals surface area (Å²) in [5.74, 6) is 0. The Kier molecular flexibility index (Phi) is 16.5. The first-order valence-electron chi connectivity index (χ1n) is 9.03. The van der Waals surface area contributed by atoms with Crippen LogP contribution in [0.1, 0.15) is 97.3 Å². The Balaban J connectivity index is 3.04. The van der Waals surface area contributed by atoms with E-state index >= 15 is 0 Å². The van der Waals surface area contributed by atoms with Gasteiger partial charge in [0.2, 0.25) is 0 Å². The van der Waals surface area contributed by atoms with Crippen molar-refractivity contribution < 1.29 is 4.74 Å². The van der Waals surface area contributed by atoms with Crippen LogP contribution >= 0.6 is 0 Å². The van der Waals surface area contributed by atoms with Gasteiger partial charge in [0.1, 0.15) is 0 Å². The molecule has 1 heteroatoms. The molecule has 1 unspecified atom stereocenters. The van der Waals surface area contributed by atoms with Gasteiger partial charge in [-0.15, -0.1) is 6.58 Å². The normalized spacial score (nSPS) is 12.5. The van der Waals surface area contributed by atoms with Crippen LogP contribution in [0.2, 0.25) is 0 Å². The minimum absolute atomic E-state index is 0.399. The van der Waals surface area contributed by atoms with Gasteiger partial charge in [-0.1, -0.05) is 90.0 Å². The van der Waals surface area contributed by atoms with Gasteiger partial charge in [-0.05, 0) is 13.3 Å². The molecule has 0 spiro atoms. The molecule has 0 rings (SSSR count). The standard InChI is InChI=1S/C19H38O/c1-4-6-7-8-9-10-11-12-13-14-15-16-17-19(3)20-18-5-2/h5,19H,2,4,6-18H2,1,3H3. The summed E-state index contributed by atoms with van der Waals surface area (Å²) in [5, 5.41) is 0. The maximum atomic E-state index is 5.57. The first kappa shape index (κ1) is 19.7.